The molecule has 0 bridgehead atoms. The molecule has 6 heteroatoms. The molecule has 0 heterocycles. The highest BCUT2D eigenvalue weighted by molar-refractivity contribution is 5.71. The van der Waals surface area contributed by atoms with Crippen LogP contribution >= 0.6 is 0 Å². The van der Waals surface area contributed by atoms with Crippen LogP contribution in [0.2, 0.25) is 0 Å². The molecule has 1 atom stereocenters. The van der Waals surface area contributed by atoms with Gasteiger partial charge >= 0.3 is 17.9 Å². The third-order valence-electron chi connectivity index (χ3n) is 12.2. The van der Waals surface area contributed by atoms with E-state index in [1.807, 2.05) is 0 Å². The Kier molecular flexibility index (Phi) is 52.3. The fourth-order valence-electron chi connectivity index (χ4n) is 7.90. The minimum absolute atomic E-state index is 0.0861. The third kappa shape index (κ3) is 52.1. The fraction of sp³-hybridized carbons (Fsp3) is 0.783. The van der Waals surface area contributed by atoms with E-state index >= 15 is 0 Å². The number of hydrogen-bond acceptors (Lipinski definition) is 6. The Morgan fingerprint density at radius 2 is 0.561 bits per heavy atom. The molecule has 0 radical (unpaired) electrons. The summed E-state index contributed by atoms with van der Waals surface area (Å²) < 4.78 is 16.8. The van der Waals surface area contributed by atoms with Crippen molar-refractivity contribution in [2.24, 2.45) is 0 Å². The zero-order valence-corrected chi connectivity index (χ0v) is 43.7. The van der Waals surface area contributed by atoms with E-state index in [-0.39, 0.29) is 31.1 Å². The Hall–Kier alpha value is -2.89. The van der Waals surface area contributed by atoms with Crippen molar-refractivity contribution in [1.29, 1.82) is 0 Å². The molecule has 0 aromatic heterocycles. The molecule has 0 aliphatic rings. The lowest BCUT2D eigenvalue weighted by molar-refractivity contribution is -0.167. The summed E-state index contributed by atoms with van der Waals surface area (Å²) in [5.74, 6) is -0.910. The zero-order valence-electron chi connectivity index (χ0n) is 43.7. The van der Waals surface area contributed by atoms with Crippen LogP contribution in [0.4, 0.5) is 0 Å². The summed E-state index contributed by atoms with van der Waals surface area (Å²) in [6, 6.07) is 0. The number of carbonyl (C=O) groups is 3. The van der Waals surface area contributed by atoms with E-state index < -0.39 is 6.10 Å². The topological polar surface area (TPSA) is 78.9 Å². The van der Waals surface area contributed by atoms with Crippen LogP contribution in [0.25, 0.3) is 0 Å². The highest BCUT2D eigenvalue weighted by Crippen LogP contribution is 2.15. The lowest BCUT2D eigenvalue weighted by Crippen LogP contribution is -2.30. The Labute approximate surface area is 409 Å². The lowest BCUT2D eigenvalue weighted by atomic mass is 10.1. The molecule has 0 saturated heterocycles. The van der Waals surface area contributed by atoms with Gasteiger partial charge in [0.2, 0.25) is 0 Å². The summed E-state index contributed by atoms with van der Waals surface area (Å²) in [5.41, 5.74) is 0. The van der Waals surface area contributed by atoms with Crippen molar-refractivity contribution in [2.75, 3.05) is 13.2 Å². The Bertz CT molecular complexity index is 1200. The molecule has 0 rings (SSSR count). The first kappa shape index (κ1) is 63.1. The van der Waals surface area contributed by atoms with Crippen LogP contribution in [0.5, 0.6) is 0 Å². The average Bonchev–Trinajstić information content (AvgIpc) is 3.31. The van der Waals surface area contributed by atoms with E-state index in [1.165, 1.54) is 141 Å². The monoisotopic (exact) mass is 923 g/mol. The van der Waals surface area contributed by atoms with Gasteiger partial charge < -0.3 is 14.2 Å². The first-order valence-electron chi connectivity index (χ1n) is 28.3. The van der Waals surface area contributed by atoms with E-state index in [4.69, 9.17) is 14.2 Å². The van der Waals surface area contributed by atoms with Crippen LogP contribution < -0.4 is 0 Å². The maximum Gasteiger partial charge on any atom is 0.306 e. The lowest BCUT2D eigenvalue weighted by Gasteiger charge is -2.18. The molecule has 0 aromatic carbocycles. The predicted octanol–water partition coefficient (Wildman–Crippen LogP) is 18.8. The molecule has 0 N–H and O–H groups in total. The summed E-state index contributed by atoms with van der Waals surface area (Å²) >= 11 is 0. The van der Waals surface area contributed by atoms with Crippen LogP contribution in [0.1, 0.15) is 284 Å². The quantitative estimate of drug-likeness (QED) is 0.0262. The van der Waals surface area contributed by atoms with Crippen molar-refractivity contribution >= 4 is 17.9 Å². The van der Waals surface area contributed by atoms with Gasteiger partial charge in [-0.15, -0.1) is 0 Å². The van der Waals surface area contributed by atoms with Gasteiger partial charge in [0.1, 0.15) is 13.2 Å². The fourth-order valence-corrected chi connectivity index (χ4v) is 7.90. The molecular weight excluding hydrogens is 817 g/mol. The van der Waals surface area contributed by atoms with Gasteiger partial charge in [0, 0.05) is 19.3 Å². The maximum absolute atomic E-state index is 12.8. The number of allylic oxidation sites excluding steroid dienone is 10. The number of unbranched alkanes of at least 4 members (excludes halogenated alkanes) is 30. The van der Waals surface area contributed by atoms with Crippen LogP contribution in [-0.4, -0.2) is 37.2 Å². The molecule has 0 amide bonds. The van der Waals surface area contributed by atoms with Crippen LogP contribution in [0.15, 0.2) is 60.8 Å². The average molecular weight is 924 g/mol. The molecule has 0 spiro atoms. The van der Waals surface area contributed by atoms with Crippen molar-refractivity contribution in [3.8, 4) is 0 Å². The highest BCUT2D eigenvalue weighted by Gasteiger charge is 2.19. The van der Waals surface area contributed by atoms with Crippen LogP contribution in [0.3, 0.4) is 0 Å². The molecule has 6 nitrogen and oxygen atoms in total. The summed E-state index contributed by atoms with van der Waals surface area (Å²) in [6.45, 7) is 6.56. The van der Waals surface area contributed by atoms with Gasteiger partial charge in [-0.3, -0.25) is 14.4 Å². The molecule has 0 aliphatic carbocycles. The van der Waals surface area contributed by atoms with Crippen LogP contribution in [0, 0.1) is 0 Å². The molecule has 0 aliphatic heterocycles. The van der Waals surface area contributed by atoms with Crippen molar-refractivity contribution in [2.45, 2.75) is 290 Å². The standard InChI is InChI=1S/C60H106O6/c1-4-7-10-13-16-19-22-25-28-29-30-31-33-35-38-41-44-47-50-53-59(62)65-56-57(55-64-58(61)52-49-46-43-40-37-34-27-24-21-18-15-12-9-6-3)66-60(63)54-51-48-45-42-39-36-32-26-23-20-17-14-11-8-5-2/h15,17-18,20,24,26-27,29-30,32,57H,4-14,16,19,21-23,25,28,31,33-56H2,1-3H3/b18-15-,20-17-,27-24-,30-29-,32-26-/t57-/m1/s1. The van der Waals surface area contributed by atoms with Gasteiger partial charge in [-0.25, -0.2) is 0 Å². The summed E-state index contributed by atoms with van der Waals surface area (Å²) in [4.78, 5) is 38.1. The maximum atomic E-state index is 12.8. The minimum Gasteiger partial charge on any atom is -0.462 e. The predicted molar refractivity (Wildman–Crippen MR) is 284 cm³/mol. The van der Waals surface area contributed by atoms with Gasteiger partial charge in [-0.05, 0) is 103 Å². The van der Waals surface area contributed by atoms with Gasteiger partial charge in [0.05, 0.1) is 0 Å². The normalized spacial score (nSPS) is 12.5. The second kappa shape index (κ2) is 54.7. The molecule has 0 aromatic rings. The van der Waals surface area contributed by atoms with Crippen molar-refractivity contribution < 1.29 is 28.6 Å². The Morgan fingerprint density at radius 3 is 0.924 bits per heavy atom. The number of ether oxygens (including phenoxy) is 3. The van der Waals surface area contributed by atoms with Crippen molar-refractivity contribution in [1.82, 2.24) is 0 Å². The molecule has 0 unspecified atom stereocenters. The molecule has 0 fully saturated rings. The highest BCUT2D eigenvalue weighted by atomic mass is 16.6. The van der Waals surface area contributed by atoms with E-state index in [1.54, 1.807) is 0 Å². The number of rotatable bonds is 51. The van der Waals surface area contributed by atoms with Gasteiger partial charge in [-0.2, -0.15) is 0 Å². The van der Waals surface area contributed by atoms with E-state index in [9.17, 15) is 14.4 Å². The number of carbonyl (C=O) groups excluding carboxylic acids is 3. The van der Waals surface area contributed by atoms with E-state index in [0.717, 1.165) is 103 Å². The van der Waals surface area contributed by atoms with E-state index in [0.29, 0.717) is 19.3 Å². The first-order valence-corrected chi connectivity index (χ1v) is 28.3. The molecule has 382 valence electrons. The molecular formula is C60H106O6. The smallest absolute Gasteiger partial charge is 0.306 e. The number of esters is 3. The zero-order chi connectivity index (χ0) is 47.9. The Morgan fingerprint density at radius 1 is 0.303 bits per heavy atom. The van der Waals surface area contributed by atoms with Gasteiger partial charge in [-0.1, -0.05) is 223 Å². The summed E-state index contributed by atoms with van der Waals surface area (Å²) in [5, 5.41) is 0. The molecule has 66 heavy (non-hydrogen) atoms. The summed E-state index contributed by atoms with van der Waals surface area (Å²) in [7, 11) is 0. The Balaban J connectivity index is 4.39. The van der Waals surface area contributed by atoms with Crippen LogP contribution in [-0.2, 0) is 28.6 Å². The summed E-state index contributed by atoms with van der Waals surface area (Å²) in [6.07, 6.45) is 67.7. The van der Waals surface area contributed by atoms with Gasteiger partial charge in [0.15, 0.2) is 6.10 Å². The SMILES string of the molecule is CCCC/C=C\C/C=C\CCCCCCCC(=O)OC[C@H](COC(=O)CCCCCCCCC/C=C\CCCCCCCCCC)OC(=O)CCCCCCC/C=C\C/C=C\CCCCC. The molecule has 0 saturated carbocycles. The second-order valence-corrected chi connectivity index (χ2v) is 18.8. The third-order valence-corrected chi connectivity index (χ3v) is 12.2. The van der Waals surface area contributed by atoms with Crippen molar-refractivity contribution in [3.05, 3.63) is 60.8 Å². The second-order valence-electron chi connectivity index (χ2n) is 18.8. The van der Waals surface area contributed by atoms with Crippen molar-refractivity contribution in [3.63, 3.8) is 0 Å². The first-order chi connectivity index (χ1) is 32.5. The van der Waals surface area contributed by atoms with Gasteiger partial charge in [0.25, 0.3) is 0 Å². The number of hydrogen-bond donors (Lipinski definition) is 0. The largest absolute Gasteiger partial charge is 0.462 e. The minimum atomic E-state index is -0.789. The van der Waals surface area contributed by atoms with E-state index in [2.05, 4.69) is 81.5 Å².